The van der Waals surface area contributed by atoms with Crippen molar-refractivity contribution in [1.29, 1.82) is 0 Å². The number of aryl methyl sites for hydroxylation is 1. The van der Waals surface area contributed by atoms with Crippen molar-refractivity contribution in [2.45, 2.75) is 6.42 Å². The van der Waals surface area contributed by atoms with Gasteiger partial charge in [-0.15, -0.1) is 11.3 Å². The van der Waals surface area contributed by atoms with Gasteiger partial charge in [0.25, 0.3) is 0 Å². The molecule has 2 aromatic heterocycles. The summed E-state index contributed by atoms with van der Waals surface area (Å²) >= 11 is 1.71. The highest BCUT2D eigenvalue weighted by molar-refractivity contribution is 7.13. The van der Waals surface area contributed by atoms with Crippen LogP contribution in [0.3, 0.4) is 0 Å². The minimum atomic E-state index is 0.670. The molecule has 4 heteroatoms. The molecule has 0 saturated carbocycles. The molecule has 0 amide bonds. The molecule has 0 aromatic carbocycles. The minimum absolute atomic E-state index is 0.670. The van der Waals surface area contributed by atoms with Crippen LogP contribution in [0.5, 0.6) is 0 Å². The summed E-state index contributed by atoms with van der Waals surface area (Å²) in [5.41, 5.74) is 7.76. The first-order chi connectivity index (χ1) is 6.81. The molecule has 2 N–H and O–H groups in total. The quantitative estimate of drug-likeness (QED) is 0.831. The average Bonchev–Trinajstić information content (AvgIpc) is 2.76. The van der Waals surface area contributed by atoms with Gasteiger partial charge in [-0.25, -0.2) is 0 Å². The average molecular weight is 207 g/mol. The molecule has 14 heavy (non-hydrogen) atoms. The van der Waals surface area contributed by atoms with Gasteiger partial charge in [-0.1, -0.05) is 6.07 Å². The Morgan fingerprint density at radius 3 is 3.07 bits per heavy atom. The predicted octanol–water partition coefficient (Wildman–Crippen LogP) is 1.65. The van der Waals surface area contributed by atoms with Crippen molar-refractivity contribution in [3.63, 3.8) is 0 Å². The van der Waals surface area contributed by atoms with Crippen LogP contribution in [0, 0.1) is 0 Å². The topological polar surface area (TPSA) is 43.8 Å². The number of aromatic nitrogens is 2. The van der Waals surface area contributed by atoms with E-state index in [4.69, 9.17) is 5.73 Å². The number of hydrogen-bond donors (Lipinski definition) is 1. The highest BCUT2D eigenvalue weighted by Crippen LogP contribution is 2.23. The zero-order valence-electron chi connectivity index (χ0n) is 8.10. The van der Waals surface area contributed by atoms with E-state index >= 15 is 0 Å². The Labute approximate surface area is 87.2 Å². The van der Waals surface area contributed by atoms with Gasteiger partial charge in [-0.2, -0.15) is 5.10 Å². The molecule has 0 aliphatic carbocycles. The molecule has 0 fully saturated rings. The molecule has 0 atom stereocenters. The van der Waals surface area contributed by atoms with E-state index < -0.39 is 0 Å². The van der Waals surface area contributed by atoms with E-state index in [1.54, 1.807) is 11.3 Å². The first-order valence-electron chi connectivity index (χ1n) is 4.58. The smallest absolute Gasteiger partial charge is 0.103 e. The third-order valence-electron chi connectivity index (χ3n) is 2.15. The number of thiophene rings is 1. The predicted molar refractivity (Wildman–Crippen MR) is 59.3 cm³/mol. The highest BCUT2D eigenvalue weighted by atomic mass is 32.1. The molecule has 2 heterocycles. The summed E-state index contributed by atoms with van der Waals surface area (Å²) in [4.78, 5) is 1.21. The SMILES string of the molecule is Cn1nc(-c2cccs2)cc1CCN. The summed E-state index contributed by atoms with van der Waals surface area (Å²) in [6.45, 7) is 0.670. The van der Waals surface area contributed by atoms with Gasteiger partial charge >= 0.3 is 0 Å². The van der Waals surface area contributed by atoms with E-state index in [1.165, 1.54) is 10.6 Å². The van der Waals surface area contributed by atoms with Gasteiger partial charge in [-0.05, 0) is 24.1 Å². The molecule has 0 radical (unpaired) electrons. The van der Waals surface area contributed by atoms with Crippen molar-refractivity contribution < 1.29 is 0 Å². The second-order valence-corrected chi connectivity index (χ2v) is 4.11. The molecule has 2 rings (SSSR count). The fourth-order valence-electron chi connectivity index (χ4n) is 1.43. The van der Waals surface area contributed by atoms with Crippen LogP contribution >= 0.6 is 11.3 Å². The molecule has 0 unspecified atom stereocenters. The molecular formula is C10H13N3S. The third-order valence-corrected chi connectivity index (χ3v) is 3.04. The van der Waals surface area contributed by atoms with Crippen LogP contribution in [0.2, 0.25) is 0 Å². The van der Waals surface area contributed by atoms with Crippen molar-refractivity contribution in [3.05, 3.63) is 29.3 Å². The van der Waals surface area contributed by atoms with Crippen LogP contribution in [0.4, 0.5) is 0 Å². The Bertz CT molecular complexity index is 403. The second-order valence-electron chi connectivity index (χ2n) is 3.16. The summed E-state index contributed by atoms with van der Waals surface area (Å²) in [7, 11) is 1.96. The van der Waals surface area contributed by atoms with E-state index in [1.807, 2.05) is 17.8 Å². The van der Waals surface area contributed by atoms with E-state index in [-0.39, 0.29) is 0 Å². The van der Waals surface area contributed by atoms with Crippen molar-refractivity contribution in [2.24, 2.45) is 12.8 Å². The molecule has 0 spiro atoms. The van der Waals surface area contributed by atoms with E-state index in [2.05, 4.69) is 22.6 Å². The first kappa shape index (κ1) is 9.43. The summed E-state index contributed by atoms with van der Waals surface area (Å²) in [5.74, 6) is 0. The van der Waals surface area contributed by atoms with Gasteiger partial charge in [0.15, 0.2) is 0 Å². The second kappa shape index (κ2) is 3.94. The number of rotatable bonds is 3. The molecule has 0 bridgehead atoms. The zero-order valence-corrected chi connectivity index (χ0v) is 8.92. The minimum Gasteiger partial charge on any atom is -0.330 e. The summed E-state index contributed by atoms with van der Waals surface area (Å²) in [5, 5.41) is 6.51. The fourth-order valence-corrected chi connectivity index (χ4v) is 2.11. The number of nitrogens with two attached hydrogens (primary N) is 1. The van der Waals surface area contributed by atoms with Crippen molar-refractivity contribution >= 4 is 11.3 Å². The Hall–Kier alpha value is -1.13. The normalized spacial score (nSPS) is 10.7. The first-order valence-corrected chi connectivity index (χ1v) is 5.46. The maximum absolute atomic E-state index is 5.52. The van der Waals surface area contributed by atoms with Crippen LogP contribution < -0.4 is 5.73 Å². The van der Waals surface area contributed by atoms with E-state index in [9.17, 15) is 0 Å². The number of nitrogens with zero attached hydrogens (tertiary/aromatic N) is 2. The summed E-state index contributed by atoms with van der Waals surface area (Å²) in [6, 6.07) is 6.23. The summed E-state index contributed by atoms with van der Waals surface area (Å²) < 4.78 is 1.90. The molecule has 2 aromatic rings. The van der Waals surface area contributed by atoms with Gasteiger partial charge < -0.3 is 5.73 Å². The molecule has 3 nitrogen and oxygen atoms in total. The van der Waals surface area contributed by atoms with Gasteiger partial charge in [0, 0.05) is 19.2 Å². The van der Waals surface area contributed by atoms with Crippen LogP contribution in [-0.2, 0) is 13.5 Å². The summed E-state index contributed by atoms with van der Waals surface area (Å²) in [6.07, 6.45) is 0.884. The monoisotopic (exact) mass is 207 g/mol. The third kappa shape index (κ3) is 1.71. The lowest BCUT2D eigenvalue weighted by Gasteiger charge is -1.96. The van der Waals surface area contributed by atoms with Crippen molar-refractivity contribution in [3.8, 4) is 10.6 Å². The Morgan fingerprint density at radius 2 is 2.43 bits per heavy atom. The van der Waals surface area contributed by atoms with Crippen molar-refractivity contribution in [2.75, 3.05) is 6.54 Å². The molecule has 0 aliphatic heterocycles. The van der Waals surface area contributed by atoms with E-state index in [0.29, 0.717) is 6.54 Å². The Morgan fingerprint density at radius 1 is 1.57 bits per heavy atom. The highest BCUT2D eigenvalue weighted by Gasteiger charge is 2.06. The Kier molecular flexibility index (Phi) is 2.65. The van der Waals surface area contributed by atoms with Gasteiger partial charge in [0.1, 0.15) is 5.69 Å². The van der Waals surface area contributed by atoms with Crippen molar-refractivity contribution in [1.82, 2.24) is 9.78 Å². The largest absolute Gasteiger partial charge is 0.330 e. The lowest BCUT2D eigenvalue weighted by atomic mass is 10.2. The van der Waals surface area contributed by atoms with Gasteiger partial charge in [0.05, 0.1) is 4.88 Å². The molecule has 0 saturated heterocycles. The fraction of sp³-hybridized carbons (Fsp3) is 0.300. The maximum atomic E-state index is 5.52. The number of hydrogen-bond acceptors (Lipinski definition) is 3. The Balaban J connectivity index is 2.33. The molecule has 0 aliphatic rings. The lowest BCUT2D eigenvalue weighted by molar-refractivity contribution is 0.708. The molecular weight excluding hydrogens is 194 g/mol. The standard InChI is InChI=1S/C10H13N3S/c1-13-8(4-5-11)7-9(12-13)10-3-2-6-14-10/h2-3,6-7H,4-5,11H2,1H3. The lowest BCUT2D eigenvalue weighted by Crippen LogP contribution is -2.06. The van der Waals surface area contributed by atoms with Crippen LogP contribution in [0.25, 0.3) is 10.6 Å². The van der Waals surface area contributed by atoms with Gasteiger partial charge in [0.2, 0.25) is 0 Å². The van der Waals surface area contributed by atoms with Crippen LogP contribution in [0.15, 0.2) is 23.6 Å². The molecule has 74 valence electrons. The maximum Gasteiger partial charge on any atom is 0.103 e. The zero-order chi connectivity index (χ0) is 9.97. The van der Waals surface area contributed by atoms with E-state index in [0.717, 1.165) is 12.1 Å². The van der Waals surface area contributed by atoms with Gasteiger partial charge in [-0.3, -0.25) is 4.68 Å². The van der Waals surface area contributed by atoms with Crippen LogP contribution in [0.1, 0.15) is 5.69 Å². The van der Waals surface area contributed by atoms with Crippen LogP contribution in [-0.4, -0.2) is 16.3 Å².